The van der Waals surface area contributed by atoms with Gasteiger partial charge in [-0.2, -0.15) is 0 Å². The van der Waals surface area contributed by atoms with Gasteiger partial charge in [-0.1, -0.05) is 18.2 Å². The zero-order valence-corrected chi connectivity index (χ0v) is 19.0. The highest BCUT2D eigenvalue weighted by Crippen LogP contribution is 2.39. The van der Waals surface area contributed by atoms with Gasteiger partial charge >= 0.3 is 5.69 Å². The van der Waals surface area contributed by atoms with E-state index in [4.69, 9.17) is 14.2 Å². The fourth-order valence-corrected chi connectivity index (χ4v) is 4.37. The van der Waals surface area contributed by atoms with Gasteiger partial charge in [-0.05, 0) is 23.6 Å². The molecule has 10 heteroatoms. The Morgan fingerprint density at radius 2 is 1.64 bits per heavy atom. The first kappa shape index (κ1) is 22.2. The lowest BCUT2D eigenvalue weighted by molar-refractivity contribution is -0.116. The molecule has 0 aliphatic carbocycles. The summed E-state index contributed by atoms with van der Waals surface area (Å²) in [7, 11) is 4.43. The molecule has 0 bridgehead atoms. The molecule has 4 aromatic rings. The second kappa shape index (κ2) is 9.21. The van der Waals surface area contributed by atoms with E-state index in [1.807, 2.05) is 0 Å². The molecule has 2 aromatic heterocycles. The van der Waals surface area contributed by atoms with Crippen molar-refractivity contribution in [3.05, 3.63) is 74.7 Å². The van der Waals surface area contributed by atoms with Crippen molar-refractivity contribution in [1.82, 2.24) is 9.13 Å². The largest absolute Gasteiger partial charge is 0.493 e. The van der Waals surface area contributed by atoms with Gasteiger partial charge in [-0.25, -0.2) is 9.36 Å². The van der Waals surface area contributed by atoms with E-state index in [1.165, 1.54) is 37.2 Å². The number of para-hydroxylation sites is 1. The average molecular weight is 468 g/mol. The van der Waals surface area contributed by atoms with E-state index in [0.29, 0.717) is 38.8 Å². The van der Waals surface area contributed by atoms with Gasteiger partial charge in [-0.15, -0.1) is 11.3 Å². The summed E-state index contributed by atoms with van der Waals surface area (Å²) in [5.74, 6) is 0.686. The van der Waals surface area contributed by atoms with Crippen molar-refractivity contribution in [2.45, 2.75) is 6.54 Å². The van der Waals surface area contributed by atoms with Crippen LogP contribution in [0.25, 0.3) is 15.9 Å². The van der Waals surface area contributed by atoms with Gasteiger partial charge in [0.25, 0.3) is 5.56 Å². The van der Waals surface area contributed by atoms with Crippen LogP contribution in [-0.2, 0) is 11.3 Å². The first-order valence-corrected chi connectivity index (χ1v) is 10.7. The number of hydrogen-bond donors (Lipinski definition) is 1. The van der Waals surface area contributed by atoms with Crippen LogP contribution in [0.15, 0.2) is 63.5 Å². The number of ether oxygens (including phenoxy) is 3. The number of methoxy groups -OCH3 is 3. The Kier molecular flexibility index (Phi) is 6.18. The molecule has 2 aromatic carbocycles. The molecule has 0 aliphatic heterocycles. The quantitative estimate of drug-likeness (QED) is 0.449. The van der Waals surface area contributed by atoms with E-state index >= 15 is 0 Å². The van der Waals surface area contributed by atoms with Crippen LogP contribution in [0.3, 0.4) is 0 Å². The highest BCUT2D eigenvalue weighted by atomic mass is 32.1. The van der Waals surface area contributed by atoms with Gasteiger partial charge in [0.15, 0.2) is 11.5 Å². The van der Waals surface area contributed by atoms with Gasteiger partial charge in [0.1, 0.15) is 11.2 Å². The lowest BCUT2D eigenvalue weighted by Gasteiger charge is -2.15. The summed E-state index contributed by atoms with van der Waals surface area (Å²) < 4.78 is 18.7. The number of fused-ring (bicyclic) bond motifs is 1. The van der Waals surface area contributed by atoms with Crippen LogP contribution in [0.2, 0.25) is 0 Å². The smallest absolute Gasteiger partial charge is 0.336 e. The minimum atomic E-state index is -0.600. The Hall–Kier alpha value is -4.05. The summed E-state index contributed by atoms with van der Waals surface area (Å²) in [6.45, 7) is -0.296. The highest BCUT2D eigenvalue weighted by Gasteiger charge is 2.19. The third-order valence-electron chi connectivity index (χ3n) is 5.02. The lowest BCUT2D eigenvalue weighted by Crippen LogP contribution is -2.40. The maximum Gasteiger partial charge on any atom is 0.336 e. The number of amides is 1. The van der Waals surface area contributed by atoms with Crippen molar-refractivity contribution in [3.8, 4) is 22.9 Å². The molecule has 0 atom stereocenters. The number of carbonyl (C=O) groups is 1. The Morgan fingerprint density at radius 3 is 2.24 bits per heavy atom. The molecule has 1 amide bonds. The molecule has 0 saturated carbocycles. The maximum absolute atomic E-state index is 13.3. The number of rotatable bonds is 7. The molecular weight excluding hydrogens is 446 g/mol. The summed E-state index contributed by atoms with van der Waals surface area (Å²) in [6.07, 6.45) is 0. The van der Waals surface area contributed by atoms with Crippen LogP contribution >= 0.6 is 11.3 Å². The molecule has 0 aliphatic rings. The molecule has 0 unspecified atom stereocenters. The Bertz CT molecular complexity index is 1410. The molecule has 0 saturated heterocycles. The van der Waals surface area contributed by atoms with Crippen molar-refractivity contribution in [2.24, 2.45) is 0 Å². The first-order chi connectivity index (χ1) is 16.0. The van der Waals surface area contributed by atoms with E-state index in [0.717, 1.165) is 4.57 Å². The fraction of sp³-hybridized carbons (Fsp3) is 0.174. The number of nitrogens with one attached hydrogen (secondary N) is 1. The molecule has 4 rings (SSSR count). The second-order valence-electron chi connectivity index (χ2n) is 6.94. The second-order valence-corrected chi connectivity index (χ2v) is 7.86. The monoisotopic (exact) mass is 467 g/mol. The van der Waals surface area contributed by atoms with Crippen LogP contribution in [0.4, 0.5) is 5.69 Å². The van der Waals surface area contributed by atoms with Crippen molar-refractivity contribution in [2.75, 3.05) is 26.6 Å². The molecule has 9 nitrogen and oxygen atoms in total. The molecular formula is C23H21N3O6S. The molecule has 1 N–H and O–H groups in total. The van der Waals surface area contributed by atoms with Gasteiger partial charge in [-0.3, -0.25) is 14.2 Å². The number of thiophene rings is 1. The van der Waals surface area contributed by atoms with E-state index in [9.17, 15) is 14.4 Å². The standard InChI is InChI=1S/C23H21N3O6S/c1-30-17-11-14(12-18(31-2)20(17)32-3)24-19(27)13-25-16-9-10-33-21(16)22(28)26(23(25)29)15-7-5-4-6-8-15/h4-12H,13H2,1-3H3,(H,24,27). The van der Waals surface area contributed by atoms with E-state index in [2.05, 4.69) is 5.32 Å². The summed E-state index contributed by atoms with van der Waals surface area (Å²) in [5.41, 5.74) is 0.221. The molecule has 2 heterocycles. The number of benzene rings is 2. The van der Waals surface area contributed by atoms with Crippen LogP contribution in [0.1, 0.15) is 0 Å². The van der Waals surface area contributed by atoms with Crippen molar-refractivity contribution < 1.29 is 19.0 Å². The molecule has 33 heavy (non-hydrogen) atoms. The number of carbonyl (C=O) groups excluding carboxylic acids is 1. The summed E-state index contributed by atoms with van der Waals surface area (Å²) in [5, 5.41) is 4.47. The van der Waals surface area contributed by atoms with E-state index in [1.54, 1.807) is 53.9 Å². The number of anilines is 1. The third kappa shape index (κ3) is 4.08. The molecule has 170 valence electrons. The fourth-order valence-electron chi connectivity index (χ4n) is 3.54. The minimum absolute atomic E-state index is 0.296. The average Bonchev–Trinajstić information content (AvgIpc) is 3.32. The predicted octanol–water partition coefficient (Wildman–Crippen LogP) is 2.88. The first-order valence-electron chi connectivity index (χ1n) is 9.86. The zero-order chi connectivity index (χ0) is 23.5. The van der Waals surface area contributed by atoms with Gasteiger partial charge < -0.3 is 19.5 Å². The van der Waals surface area contributed by atoms with Gasteiger partial charge in [0, 0.05) is 17.8 Å². The van der Waals surface area contributed by atoms with Crippen molar-refractivity contribution in [3.63, 3.8) is 0 Å². The predicted molar refractivity (Wildman–Crippen MR) is 126 cm³/mol. The molecule has 0 fully saturated rings. The number of hydrogen-bond acceptors (Lipinski definition) is 7. The number of nitrogens with zero attached hydrogens (tertiary/aromatic N) is 2. The van der Waals surface area contributed by atoms with Crippen LogP contribution < -0.4 is 30.8 Å². The summed E-state index contributed by atoms with van der Waals surface area (Å²) in [4.78, 5) is 39.1. The minimum Gasteiger partial charge on any atom is -0.493 e. The van der Waals surface area contributed by atoms with E-state index in [-0.39, 0.29) is 6.54 Å². The zero-order valence-electron chi connectivity index (χ0n) is 18.2. The van der Waals surface area contributed by atoms with Gasteiger partial charge in [0.05, 0.1) is 32.5 Å². The molecule has 0 radical (unpaired) electrons. The summed E-state index contributed by atoms with van der Waals surface area (Å²) in [6, 6.07) is 13.4. The van der Waals surface area contributed by atoms with Crippen LogP contribution in [0.5, 0.6) is 17.2 Å². The van der Waals surface area contributed by atoms with Crippen molar-refractivity contribution >= 4 is 33.1 Å². The van der Waals surface area contributed by atoms with Crippen LogP contribution in [0, 0.1) is 0 Å². The highest BCUT2D eigenvalue weighted by molar-refractivity contribution is 7.17. The third-order valence-corrected chi connectivity index (χ3v) is 5.91. The van der Waals surface area contributed by atoms with Crippen LogP contribution in [-0.4, -0.2) is 36.4 Å². The Morgan fingerprint density at radius 1 is 0.970 bits per heavy atom. The van der Waals surface area contributed by atoms with E-state index < -0.39 is 17.2 Å². The lowest BCUT2D eigenvalue weighted by atomic mass is 10.2. The summed E-state index contributed by atoms with van der Waals surface area (Å²) >= 11 is 1.22. The maximum atomic E-state index is 13.3. The number of aromatic nitrogens is 2. The van der Waals surface area contributed by atoms with Gasteiger partial charge in [0.2, 0.25) is 11.7 Å². The Labute approximate surface area is 192 Å². The topological polar surface area (TPSA) is 101 Å². The SMILES string of the molecule is COc1cc(NC(=O)Cn2c(=O)n(-c3ccccc3)c(=O)c3sccc32)cc(OC)c1OC. The Balaban J connectivity index is 1.73. The molecule has 0 spiro atoms. The normalized spacial score (nSPS) is 10.8. The van der Waals surface area contributed by atoms with Crippen molar-refractivity contribution in [1.29, 1.82) is 0 Å².